The van der Waals surface area contributed by atoms with E-state index in [2.05, 4.69) is 4.90 Å². The molecule has 1 N–H and O–H groups in total. The second-order valence-electron chi connectivity index (χ2n) is 4.72. The molecule has 0 aliphatic carbocycles. The number of hydrogen-bond acceptors (Lipinski definition) is 4. The Morgan fingerprint density at radius 2 is 2.11 bits per heavy atom. The number of ether oxygens (including phenoxy) is 2. The van der Waals surface area contributed by atoms with Gasteiger partial charge in [-0.15, -0.1) is 0 Å². The molecule has 1 aromatic carbocycles. The quantitative estimate of drug-likeness (QED) is 0.907. The topological polar surface area (TPSA) is 59.0 Å². The highest BCUT2D eigenvalue weighted by atomic mass is 16.5. The Morgan fingerprint density at radius 1 is 1.37 bits per heavy atom. The number of carboxylic acid groups (broad SMARTS) is 1. The van der Waals surface area contributed by atoms with Crippen LogP contribution in [0.3, 0.4) is 0 Å². The molecule has 1 heterocycles. The molecule has 0 saturated carbocycles. The van der Waals surface area contributed by atoms with Crippen molar-refractivity contribution in [3.8, 4) is 11.5 Å². The zero-order valence-electron chi connectivity index (χ0n) is 11.5. The van der Waals surface area contributed by atoms with Gasteiger partial charge in [0.2, 0.25) is 0 Å². The Hall–Kier alpha value is -1.91. The number of nitrogens with zero attached hydrogens (tertiary/aromatic N) is 1. The van der Waals surface area contributed by atoms with Crippen molar-refractivity contribution in [2.24, 2.45) is 0 Å². The van der Waals surface area contributed by atoms with Crippen LogP contribution in [0.5, 0.6) is 11.5 Å². The van der Waals surface area contributed by atoms with Crippen LogP contribution < -0.4 is 14.4 Å². The third kappa shape index (κ3) is 2.45. The van der Waals surface area contributed by atoms with Gasteiger partial charge < -0.3 is 19.5 Å². The first kappa shape index (κ1) is 13.5. The van der Waals surface area contributed by atoms with Crippen molar-refractivity contribution < 1.29 is 19.4 Å². The number of aliphatic carboxylic acids is 1. The van der Waals surface area contributed by atoms with E-state index in [0.29, 0.717) is 17.9 Å². The van der Waals surface area contributed by atoms with Gasteiger partial charge in [0.25, 0.3) is 0 Å². The summed E-state index contributed by atoms with van der Waals surface area (Å²) >= 11 is 0. The molecule has 0 aromatic heterocycles. The van der Waals surface area contributed by atoms with E-state index >= 15 is 0 Å². The van der Waals surface area contributed by atoms with Gasteiger partial charge in [-0.1, -0.05) is 0 Å². The van der Waals surface area contributed by atoms with Gasteiger partial charge in [0.1, 0.15) is 11.5 Å². The van der Waals surface area contributed by atoms with E-state index in [-0.39, 0.29) is 0 Å². The average molecular weight is 265 g/mol. The molecule has 1 atom stereocenters. The monoisotopic (exact) mass is 265 g/mol. The average Bonchev–Trinajstić information content (AvgIpc) is 2.57. The summed E-state index contributed by atoms with van der Waals surface area (Å²) in [5, 5.41) is 9.42. The molecule has 1 aliphatic rings. The van der Waals surface area contributed by atoms with Gasteiger partial charge in [-0.3, -0.25) is 4.79 Å². The van der Waals surface area contributed by atoms with Crippen molar-refractivity contribution in [3.63, 3.8) is 0 Å². The standard InChI is InChI=1S/C14H19NO4/c1-15-6-4-5-10(14(16)17)11-7-9(18-2)8-12(19-3)13(11)15/h7-8,10H,4-6H2,1-3H3,(H,16,17). The molecule has 0 amide bonds. The summed E-state index contributed by atoms with van der Waals surface area (Å²) in [6.45, 7) is 0.819. The fourth-order valence-corrected chi connectivity index (χ4v) is 2.61. The van der Waals surface area contributed by atoms with Gasteiger partial charge in [0, 0.05) is 19.7 Å². The molecule has 1 unspecified atom stereocenters. The third-order valence-electron chi connectivity index (χ3n) is 3.58. The van der Waals surface area contributed by atoms with E-state index < -0.39 is 11.9 Å². The normalized spacial score (nSPS) is 18.5. The van der Waals surface area contributed by atoms with Gasteiger partial charge in [0.05, 0.1) is 25.8 Å². The Bertz CT molecular complexity index is 487. The highest BCUT2D eigenvalue weighted by molar-refractivity contribution is 5.82. The Morgan fingerprint density at radius 3 is 2.68 bits per heavy atom. The number of carbonyl (C=O) groups is 1. The number of methoxy groups -OCH3 is 2. The maximum Gasteiger partial charge on any atom is 0.311 e. The Balaban J connectivity index is 2.64. The molecule has 19 heavy (non-hydrogen) atoms. The number of benzene rings is 1. The SMILES string of the molecule is COc1cc(OC)c2c(c1)C(C(=O)O)CCCN2C. The van der Waals surface area contributed by atoms with Crippen molar-refractivity contribution in [2.45, 2.75) is 18.8 Å². The molecular formula is C14H19NO4. The molecule has 1 aliphatic heterocycles. The lowest BCUT2D eigenvalue weighted by Crippen LogP contribution is -2.19. The molecule has 104 valence electrons. The molecule has 1 aromatic rings. The molecule has 5 heteroatoms. The molecule has 0 saturated heterocycles. The van der Waals surface area contributed by atoms with Gasteiger partial charge in [-0.25, -0.2) is 0 Å². The van der Waals surface area contributed by atoms with Crippen LogP contribution in [0.1, 0.15) is 24.3 Å². The molecular weight excluding hydrogens is 246 g/mol. The smallest absolute Gasteiger partial charge is 0.311 e. The lowest BCUT2D eigenvalue weighted by Gasteiger charge is -2.23. The van der Waals surface area contributed by atoms with E-state index in [1.165, 1.54) is 0 Å². The molecule has 0 fully saturated rings. The molecule has 0 radical (unpaired) electrons. The number of carboxylic acids is 1. The zero-order valence-corrected chi connectivity index (χ0v) is 11.5. The maximum absolute atomic E-state index is 11.5. The lowest BCUT2D eigenvalue weighted by molar-refractivity contribution is -0.138. The molecule has 0 bridgehead atoms. The summed E-state index contributed by atoms with van der Waals surface area (Å²) in [7, 11) is 5.11. The first-order chi connectivity index (χ1) is 9.08. The largest absolute Gasteiger partial charge is 0.497 e. The van der Waals surface area contributed by atoms with Gasteiger partial charge >= 0.3 is 5.97 Å². The molecule has 5 nitrogen and oxygen atoms in total. The minimum absolute atomic E-state index is 0.510. The number of hydrogen-bond donors (Lipinski definition) is 1. The number of fused-ring (bicyclic) bond motifs is 1. The van der Waals surface area contributed by atoms with Crippen LogP contribution in [-0.4, -0.2) is 38.9 Å². The van der Waals surface area contributed by atoms with Crippen LogP contribution in [0.15, 0.2) is 12.1 Å². The minimum atomic E-state index is -0.799. The van der Waals surface area contributed by atoms with Gasteiger partial charge in [-0.2, -0.15) is 0 Å². The summed E-state index contributed by atoms with van der Waals surface area (Å²) < 4.78 is 10.6. The first-order valence-electron chi connectivity index (χ1n) is 6.28. The van der Waals surface area contributed by atoms with E-state index in [1.807, 2.05) is 7.05 Å². The fraction of sp³-hybridized carbons (Fsp3) is 0.500. The highest BCUT2D eigenvalue weighted by Gasteiger charge is 2.29. The predicted octanol–water partition coefficient (Wildman–Crippen LogP) is 2.10. The number of anilines is 1. The van der Waals surface area contributed by atoms with E-state index in [4.69, 9.17) is 9.47 Å². The van der Waals surface area contributed by atoms with Crippen molar-refractivity contribution in [3.05, 3.63) is 17.7 Å². The Kier molecular flexibility index (Phi) is 3.83. The summed E-state index contributed by atoms with van der Waals surface area (Å²) in [6, 6.07) is 3.60. The van der Waals surface area contributed by atoms with Gasteiger partial charge in [-0.05, 0) is 24.5 Å². The van der Waals surface area contributed by atoms with Crippen molar-refractivity contribution >= 4 is 11.7 Å². The molecule has 0 spiro atoms. The van der Waals surface area contributed by atoms with Crippen LogP contribution in [0.2, 0.25) is 0 Å². The summed E-state index contributed by atoms with van der Waals surface area (Å²) in [5.74, 6) is -0.0297. The van der Waals surface area contributed by atoms with Crippen LogP contribution >= 0.6 is 0 Å². The first-order valence-corrected chi connectivity index (χ1v) is 6.28. The molecule has 2 rings (SSSR count). The summed E-state index contributed by atoms with van der Waals surface area (Å²) in [6.07, 6.45) is 1.47. The second-order valence-corrected chi connectivity index (χ2v) is 4.72. The van der Waals surface area contributed by atoms with Crippen LogP contribution in [0.25, 0.3) is 0 Å². The van der Waals surface area contributed by atoms with E-state index in [1.54, 1.807) is 26.4 Å². The van der Waals surface area contributed by atoms with Crippen LogP contribution in [0, 0.1) is 0 Å². The van der Waals surface area contributed by atoms with E-state index in [0.717, 1.165) is 24.2 Å². The van der Waals surface area contributed by atoms with Crippen molar-refractivity contribution in [1.82, 2.24) is 0 Å². The Labute approximate surface area is 112 Å². The van der Waals surface area contributed by atoms with E-state index in [9.17, 15) is 9.90 Å². The van der Waals surface area contributed by atoms with Crippen molar-refractivity contribution in [1.29, 1.82) is 0 Å². The summed E-state index contributed by atoms with van der Waals surface area (Å²) in [4.78, 5) is 13.5. The third-order valence-corrected chi connectivity index (χ3v) is 3.58. The fourth-order valence-electron chi connectivity index (χ4n) is 2.61. The highest BCUT2D eigenvalue weighted by Crippen LogP contribution is 2.43. The maximum atomic E-state index is 11.5. The summed E-state index contributed by atoms with van der Waals surface area (Å²) in [5.41, 5.74) is 1.62. The van der Waals surface area contributed by atoms with Gasteiger partial charge in [0.15, 0.2) is 0 Å². The second kappa shape index (κ2) is 5.38. The predicted molar refractivity (Wildman–Crippen MR) is 72.4 cm³/mol. The minimum Gasteiger partial charge on any atom is -0.497 e. The lowest BCUT2D eigenvalue weighted by atomic mass is 9.93. The zero-order chi connectivity index (χ0) is 14.0. The van der Waals surface area contributed by atoms with Crippen LogP contribution in [-0.2, 0) is 4.79 Å². The van der Waals surface area contributed by atoms with Crippen LogP contribution in [0.4, 0.5) is 5.69 Å². The number of rotatable bonds is 3. The van der Waals surface area contributed by atoms with Crippen molar-refractivity contribution in [2.75, 3.05) is 32.7 Å².